The summed E-state index contributed by atoms with van der Waals surface area (Å²) in [5, 5.41) is 9.04. The van der Waals surface area contributed by atoms with Gasteiger partial charge in [-0.05, 0) is 37.5 Å². The summed E-state index contributed by atoms with van der Waals surface area (Å²) in [6.07, 6.45) is 1.67. The third kappa shape index (κ3) is 3.80. The van der Waals surface area contributed by atoms with Crippen LogP contribution in [-0.2, 0) is 16.1 Å². The molecule has 0 spiro atoms. The van der Waals surface area contributed by atoms with Crippen molar-refractivity contribution < 1.29 is 19.4 Å². The van der Waals surface area contributed by atoms with Gasteiger partial charge in [0.15, 0.2) is 0 Å². The number of benzene rings is 1. The number of carbonyl (C=O) groups is 2. The molecule has 0 saturated heterocycles. The third-order valence-electron chi connectivity index (χ3n) is 4.16. The van der Waals surface area contributed by atoms with Crippen LogP contribution in [0.1, 0.15) is 24.8 Å². The molecule has 0 unspecified atom stereocenters. The predicted molar refractivity (Wildman–Crippen MR) is 85.6 cm³/mol. The number of hydrogen-bond donors (Lipinski definition) is 1. The van der Waals surface area contributed by atoms with Crippen LogP contribution in [0, 0.1) is 11.8 Å². The molecular formula is C16H20BrNO4. The van der Waals surface area contributed by atoms with Gasteiger partial charge in [-0.1, -0.05) is 15.9 Å². The first kappa shape index (κ1) is 16.8. The zero-order valence-electron chi connectivity index (χ0n) is 12.7. The molecule has 120 valence electrons. The lowest BCUT2D eigenvalue weighted by Gasteiger charge is -2.22. The number of carboxylic acids is 1. The predicted octanol–water partition coefficient (Wildman–Crippen LogP) is 2.92. The van der Waals surface area contributed by atoms with Crippen molar-refractivity contribution in [3.8, 4) is 5.75 Å². The Morgan fingerprint density at radius 3 is 2.64 bits per heavy atom. The summed E-state index contributed by atoms with van der Waals surface area (Å²) in [4.78, 5) is 25.1. The lowest BCUT2D eigenvalue weighted by Crippen LogP contribution is -2.31. The van der Waals surface area contributed by atoms with E-state index in [1.807, 2.05) is 18.2 Å². The minimum atomic E-state index is -0.799. The van der Waals surface area contributed by atoms with Crippen LogP contribution in [0.5, 0.6) is 5.75 Å². The number of aliphatic carboxylic acids is 1. The Morgan fingerprint density at radius 1 is 1.36 bits per heavy atom. The van der Waals surface area contributed by atoms with Crippen molar-refractivity contribution in [2.24, 2.45) is 11.8 Å². The van der Waals surface area contributed by atoms with Gasteiger partial charge in [-0.2, -0.15) is 0 Å². The van der Waals surface area contributed by atoms with Gasteiger partial charge >= 0.3 is 5.97 Å². The number of rotatable bonds is 5. The molecule has 22 heavy (non-hydrogen) atoms. The smallest absolute Gasteiger partial charge is 0.306 e. The van der Waals surface area contributed by atoms with E-state index >= 15 is 0 Å². The van der Waals surface area contributed by atoms with Crippen molar-refractivity contribution >= 4 is 27.8 Å². The molecule has 2 rings (SSSR count). The number of hydrogen-bond acceptors (Lipinski definition) is 3. The highest BCUT2D eigenvalue weighted by atomic mass is 79.9. The van der Waals surface area contributed by atoms with E-state index in [0.29, 0.717) is 25.8 Å². The maximum Gasteiger partial charge on any atom is 0.306 e. The van der Waals surface area contributed by atoms with Crippen LogP contribution in [-0.4, -0.2) is 36.0 Å². The van der Waals surface area contributed by atoms with Gasteiger partial charge in [-0.15, -0.1) is 0 Å². The van der Waals surface area contributed by atoms with Gasteiger partial charge in [-0.25, -0.2) is 0 Å². The Bertz CT molecular complexity index is 575. The monoisotopic (exact) mass is 369 g/mol. The SMILES string of the molecule is COc1ccc(Br)cc1CN(C)C(=O)[C@@H]1CC[C@H](C(=O)O)C1. The summed E-state index contributed by atoms with van der Waals surface area (Å²) in [5.41, 5.74) is 0.917. The molecule has 1 aliphatic rings. The van der Waals surface area contributed by atoms with Crippen molar-refractivity contribution in [1.82, 2.24) is 4.90 Å². The summed E-state index contributed by atoms with van der Waals surface area (Å²) in [7, 11) is 3.35. The van der Waals surface area contributed by atoms with Crippen LogP contribution in [0.15, 0.2) is 22.7 Å². The van der Waals surface area contributed by atoms with Gasteiger partial charge in [0.2, 0.25) is 5.91 Å². The molecule has 1 aliphatic carbocycles. The molecular weight excluding hydrogens is 350 g/mol. The Hall–Kier alpha value is -1.56. The van der Waals surface area contributed by atoms with Crippen LogP contribution in [0.4, 0.5) is 0 Å². The van der Waals surface area contributed by atoms with Crippen molar-refractivity contribution in [2.75, 3.05) is 14.2 Å². The van der Waals surface area contributed by atoms with Crippen LogP contribution in [0.3, 0.4) is 0 Å². The molecule has 1 saturated carbocycles. The highest BCUT2D eigenvalue weighted by molar-refractivity contribution is 9.10. The minimum Gasteiger partial charge on any atom is -0.496 e. The Kier molecular flexibility index (Phi) is 5.45. The van der Waals surface area contributed by atoms with Crippen molar-refractivity contribution in [3.05, 3.63) is 28.2 Å². The van der Waals surface area contributed by atoms with Gasteiger partial charge < -0.3 is 14.7 Å². The fourth-order valence-electron chi connectivity index (χ4n) is 2.95. The Labute approximate surface area is 138 Å². The van der Waals surface area contributed by atoms with E-state index in [9.17, 15) is 9.59 Å². The molecule has 6 heteroatoms. The molecule has 1 N–H and O–H groups in total. The number of amides is 1. The van der Waals surface area contributed by atoms with Gasteiger partial charge in [-0.3, -0.25) is 9.59 Å². The van der Waals surface area contributed by atoms with Gasteiger partial charge in [0.25, 0.3) is 0 Å². The number of halogens is 1. The maximum atomic E-state index is 12.5. The molecule has 0 bridgehead atoms. The quantitative estimate of drug-likeness (QED) is 0.866. The molecule has 0 heterocycles. The summed E-state index contributed by atoms with van der Waals surface area (Å²) < 4.78 is 6.25. The first-order valence-electron chi connectivity index (χ1n) is 7.22. The van der Waals surface area contributed by atoms with E-state index in [0.717, 1.165) is 15.8 Å². The van der Waals surface area contributed by atoms with Crippen molar-refractivity contribution in [3.63, 3.8) is 0 Å². The molecule has 0 radical (unpaired) electrons. The largest absolute Gasteiger partial charge is 0.496 e. The summed E-state index contributed by atoms with van der Waals surface area (Å²) >= 11 is 3.42. The zero-order chi connectivity index (χ0) is 16.3. The number of carbonyl (C=O) groups excluding carboxylic acids is 1. The molecule has 5 nitrogen and oxygen atoms in total. The van der Waals surface area contributed by atoms with Gasteiger partial charge in [0.1, 0.15) is 5.75 Å². The normalized spacial score (nSPS) is 20.7. The minimum absolute atomic E-state index is 0.00535. The third-order valence-corrected chi connectivity index (χ3v) is 4.65. The first-order valence-corrected chi connectivity index (χ1v) is 8.02. The molecule has 0 aliphatic heterocycles. The Balaban J connectivity index is 2.03. The molecule has 1 amide bonds. The van der Waals surface area contributed by atoms with E-state index in [1.54, 1.807) is 19.1 Å². The van der Waals surface area contributed by atoms with E-state index in [1.165, 1.54) is 0 Å². The van der Waals surface area contributed by atoms with E-state index in [2.05, 4.69) is 15.9 Å². The van der Waals surface area contributed by atoms with E-state index in [4.69, 9.17) is 9.84 Å². The van der Waals surface area contributed by atoms with E-state index < -0.39 is 5.97 Å². The topological polar surface area (TPSA) is 66.8 Å². The number of carboxylic acid groups (broad SMARTS) is 1. The molecule has 1 aromatic rings. The average Bonchev–Trinajstić information content (AvgIpc) is 2.96. The van der Waals surface area contributed by atoms with E-state index in [-0.39, 0.29) is 17.7 Å². The van der Waals surface area contributed by atoms with Crippen LogP contribution >= 0.6 is 15.9 Å². The summed E-state index contributed by atoms with van der Waals surface area (Å²) in [6.45, 7) is 0.440. The van der Waals surface area contributed by atoms with Crippen LogP contribution in [0.25, 0.3) is 0 Å². The zero-order valence-corrected chi connectivity index (χ0v) is 14.3. The van der Waals surface area contributed by atoms with Crippen LogP contribution in [0.2, 0.25) is 0 Å². The Morgan fingerprint density at radius 2 is 2.05 bits per heavy atom. The van der Waals surface area contributed by atoms with Gasteiger partial charge in [0.05, 0.1) is 13.0 Å². The number of ether oxygens (including phenoxy) is 1. The van der Waals surface area contributed by atoms with Crippen LogP contribution < -0.4 is 4.74 Å². The number of nitrogens with zero attached hydrogens (tertiary/aromatic N) is 1. The molecule has 1 fully saturated rings. The average molecular weight is 370 g/mol. The summed E-state index contributed by atoms with van der Waals surface area (Å²) in [6, 6.07) is 5.67. The molecule has 2 atom stereocenters. The lowest BCUT2D eigenvalue weighted by molar-refractivity contribution is -0.141. The van der Waals surface area contributed by atoms with Gasteiger partial charge in [0, 0.05) is 29.5 Å². The second-order valence-electron chi connectivity index (χ2n) is 5.70. The fourth-order valence-corrected chi connectivity index (χ4v) is 3.35. The molecule has 0 aromatic heterocycles. The standard InChI is InChI=1S/C16H20BrNO4/c1-18(9-12-8-13(17)5-6-14(12)22-2)15(19)10-3-4-11(7-10)16(20)21/h5-6,8,10-11H,3-4,7,9H2,1-2H3,(H,20,21)/t10-,11+/m1/s1. The second-order valence-corrected chi connectivity index (χ2v) is 6.61. The molecule has 1 aromatic carbocycles. The number of methoxy groups -OCH3 is 1. The summed E-state index contributed by atoms with van der Waals surface area (Å²) in [5.74, 6) is -0.637. The highest BCUT2D eigenvalue weighted by Gasteiger charge is 2.35. The van der Waals surface area contributed by atoms with Crippen molar-refractivity contribution in [1.29, 1.82) is 0 Å². The van der Waals surface area contributed by atoms with Crippen molar-refractivity contribution in [2.45, 2.75) is 25.8 Å². The highest BCUT2D eigenvalue weighted by Crippen LogP contribution is 2.33. The maximum absolute atomic E-state index is 12.5. The lowest BCUT2D eigenvalue weighted by atomic mass is 10.0. The second kappa shape index (κ2) is 7.13. The fraction of sp³-hybridized carbons (Fsp3) is 0.500. The first-order chi connectivity index (χ1) is 10.4.